The van der Waals surface area contributed by atoms with Gasteiger partial charge in [-0.15, -0.1) is 0 Å². The summed E-state index contributed by atoms with van der Waals surface area (Å²) in [5.74, 6) is 0. The van der Waals surface area contributed by atoms with Crippen LogP contribution in [0, 0.1) is 0 Å². The molecule has 0 aromatic carbocycles. The van der Waals surface area contributed by atoms with Gasteiger partial charge in [-0.05, 0) is 0 Å². The summed E-state index contributed by atoms with van der Waals surface area (Å²) in [6.45, 7) is 12.9. The SMILES string of the molecule is CCCCCOCCOCCOCC[PH](CC)(CC)CC(C)O. The third-order valence-corrected chi connectivity index (χ3v) is 10.4. The number of hydrogen-bond donors (Lipinski definition) is 1. The van der Waals surface area contributed by atoms with Crippen molar-refractivity contribution in [2.75, 3.05) is 64.3 Å². The van der Waals surface area contributed by atoms with Gasteiger partial charge in [-0.1, -0.05) is 13.3 Å². The Balaban J connectivity index is 3.50. The number of aliphatic hydroxyl groups is 1. The Hall–Kier alpha value is 0.270. The molecule has 0 spiro atoms. The molecule has 0 aliphatic rings. The van der Waals surface area contributed by atoms with Crippen LogP contribution in [0.5, 0.6) is 0 Å². The summed E-state index contributed by atoms with van der Waals surface area (Å²) < 4.78 is 16.7. The van der Waals surface area contributed by atoms with Crippen LogP contribution in [-0.4, -0.2) is 75.5 Å². The zero-order valence-electron chi connectivity index (χ0n) is 15.9. The van der Waals surface area contributed by atoms with Crippen LogP contribution >= 0.6 is 7.26 Å². The normalized spacial score (nSPS) is 14.1. The van der Waals surface area contributed by atoms with E-state index in [4.69, 9.17) is 14.2 Å². The monoisotopic (exact) mass is 352 g/mol. The summed E-state index contributed by atoms with van der Waals surface area (Å²) in [5.41, 5.74) is 0. The first kappa shape index (κ1) is 23.3. The number of aliphatic hydroxyl groups excluding tert-OH is 1. The van der Waals surface area contributed by atoms with Gasteiger partial charge in [0.1, 0.15) is 0 Å². The molecule has 0 fully saturated rings. The van der Waals surface area contributed by atoms with E-state index in [9.17, 15) is 5.11 Å². The van der Waals surface area contributed by atoms with Crippen LogP contribution in [0.4, 0.5) is 0 Å². The Kier molecular flexibility index (Phi) is 16.0. The molecule has 0 radical (unpaired) electrons. The molecule has 23 heavy (non-hydrogen) atoms. The summed E-state index contributed by atoms with van der Waals surface area (Å²) in [6, 6.07) is 0. The molecular formula is C18H41O4P. The van der Waals surface area contributed by atoms with E-state index in [-0.39, 0.29) is 6.10 Å². The molecular weight excluding hydrogens is 311 g/mol. The van der Waals surface area contributed by atoms with Gasteiger partial charge in [-0.25, -0.2) is 0 Å². The van der Waals surface area contributed by atoms with Gasteiger partial charge in [0, 0.05) is 0 Å². The summed E-state index contributed by atoms with van der Waals surface area (Å²) in [5, 5.41) is 9.70. The Bertz CT molecular complexity index is 245. The van der Waals surface area contributed by atoms with E-state index in [1.165, 1.54) is 25.2 Å². The summed E-state index contributed by atoms with van der Waals surface area (Å²) >= 11 is 0. The fourth-order valence-corrected chi connectivity index (χ4v) is 6.72. The summed E-state index contributed by atoms with van der Waals surface area (Å²) in [7, 11) is -1.34. The molecule has 0 bridgehead atoms. The minimum absolute atomic E-state index is 0.178. The van der Waals surface area contributed by atoms with Crippen molar-refractivity contribution < 1.29 is 19.3 Å². The third-order valence-electron chi connectivity index (χ3n) is 4.64. The fraction of sp³-hybridized carbons (Fsp3) is 1.00. The van der Waals surface area contributed by atoms with Crippen LogP contribution in [0.25, 0.3) is 0 Å². The van der Waals surface area contributed by atoms with Gasteiger partial charge in [0.25, 0.3) is 0 Å². The van der Waals surface area contributed by atoms with E-state index in [2.05, 4.69) is 20.8 Å². The first-order chi connectivity index (χ1) is 11.1. The van der Waals surface area contributed by atoms with E-state index in [1.807, 2.05) is 6.92 Å². The Labute approximate surface area is 144 Å². The predicted molar refractivity (Wildman–Crippen MR) is 103 cm³/mol. The third kappa shape index (κ3) is 13.3. The molecule has 0 amide bonds. The maximum atomic E-state index is 9.70. The molecule has 142 valence electrons. The average Bonchev–Trinajstić information content (AvgIpc) is 2.54. The summed E-state index contributed by atoms with van der Waals surface area (Å²) in [6.07, 6.45) is 8.03. The zero-order chi connectivity index (χ0) is 17.4. The van der Waals surface area contributed by atoms with Gasteiger partial charge in [-0.2, -0.15) is 0 Å². The molecule has 0 heterocycles. The standard InChI is InChI=1S/C18H41O4P/c1-5-8-9-10-20-11-12-21-13-14-22-15-16-23(6-2,7-3)17-18(4)19/h18-19,23H,5-17H2,1-4H3. The van der Waals surface area contributed by atoms with Crippen LogP contribution in [0.2, 0.25) is 0 Å². The topological polar surface area (TPSA) is 47.9 Å². The van der Waals surface area contributed by atoms with Crippen molar-refractivity contribution >= 4 is 7.26 Å². The predicted octanol–water partition coefficient (Wildman–Crippen LogP) is 3.40. The quantitative estimate of drug-likeness (QED) is 0.322. The van der Waals surface area contributed by atoms with Crippen molar-refractivity contribution in [2.24, 2.45) is 0 Å². The van der Waals surface area contributed by atoms with Crippen molar-refractivity contribution in [3.63, 3.8) is 0 Å². The van der Waals surface area contributed by atoms with E-state index >= 15 is 0 Å². The number of rotatable bonds is 17. The molecule has 1 atom stereocenters. The first-order valence-electron chi connectivity index (χ1n) is 9.51. The number of unbranched alkanes of at least 4 members (excludes halogenated alkanes) is 2. The molecule has 0 aromatic rings. The van der Waals surface area contributed by atoms with Crippen LogP contribution in [0.3, 0.4) is 0 Å². The second-order valence-electron chi connectivity index (χ2n) is 6.55. The molecule has 1 unspecified atom stereocenters. The fourth-order valence-electron chi connectivity index (χ4n) is 2.91. The van der Waals surface area contributed by atoms with Crippen LogP contribution < -0.4 is 0 Å². The van der Waals surface area contributed by atoms with Gasteiger partial charge < -0.3 is 0 Å². The van der Waals surface area contributed by atoms with Gasteiger partial charge >= 0.3 is 131 Å². The van der Waals surface area contributed by atoms with Crippen LogP contribution in [0.1, 0.15) is 47.0 Å². The second-order valence-corrected chi connectivity index (χ2v) is 11.9. The Morgan fingerprint density at radius 1 is 0.783 bits per heavy atom. The van der Waals surface area contributed by atoms with Gasteiger partial charge in [0.15, 0.2) is 0 Å². The van der Waals surface area contributed by atoms with Crippen molar-refractivity contribution in [1.82, 2.24) is 0 Å². The molecule has 0 saturated carbocycles. The molecule has 0 aromatic heterocycles. The molecule has 0 rings (SSSR count). The Morgan fingerprint density at radius 2 is 1.30 bits per heavy atom. The zero-order valence-corrected chi connectivity index (χ0v) is 16.9. The van der Waals surface area contributed by atoms with E-state index in [0.29, 0.717) is 26.4 Å². The van der Waals surface area contributed by atoms with E-state index in [0.717, 1.165) is 32.0 Å². The number of hydrogen-bond acceptors (Lipinski definition) is 4. The average molecular weight is 352 g/mol. The van der Waals surface area contributed by atoms with Gasteiger partial charge in [0.05, 0.1) is 0 Å². The molecule has 1 N–H and O–H groups in total. The van der Waals surface area contributed by atoms with Gasteiger partial charge in [-0.3, -0.25) is 0 Å². The minimum atomic E-state index is -1.34. The molecule has 0 aliphatic carbocycles. The van der Waals surface area contributed by atoms with Crippen molar-refractivity contribution in [3.8, 4) is 0 Å². The maximum absolute atomic E-state index is 9.70. The Morgan fingerprint density at radius 3 is 1.78 bits per heavy atom. The number of ether oxygens (including phenoxy) is 3. The van der Waals surface area contributed by atoms with Crippen molar-refractivity contribution in [1.29, 1.82) is 0 Å². The molecule has 0 saturated heterocycles. The summed E-state index contributed by atoms with van der Waals surface area (Å²) in [4.78, 5) is 0. The molecule has 0 aliphatic heterocycles. The van der Waals surface area contributed by atoms with E-state index < -0.39 is 7.26 Å². The van der Waals surface area contributed by atoms with Gasteiger partial charge in [0.2, 0.25) is 0 Å². The molecule has 5 heteroatoms. The first-order valence-corrected chi connectivity index (χ1v) is 12.3. The second kappa shape index (κ2) is 15.8. The van der Waals surface area contributed by atoms with Crippen LogP contribution in [-0.2, 0) is 14.2 Å². The van der Waals surface area contributed by atoms with Crippen LogP contribution in [0.15, 0.2) is 0 Å². The van der Waals surface area contributed by atoms with Crippen molar-refractivity contribution in [2.45, 2.75) is 53.1 Å². The van der Waals surface area contributed by atoms with Crippen molar-refractivity contribution in [3.05, 3.63) is 0 Å². The molecule has 4 nitrogen and oxygen atoms in total. The van der Waals surface area contributed by atoms with E-state index in [1.54, 1.807) is 0 Å².